The monoisotopic (exact) mass is 270 g/mol. The standard InChI is InChI=1S/C14H22N2O.ClH/c1-9(2)5-13(15)14(17)16-12-7-10(3)6-11(4)8-12;/h6-9,13H,5,15H2,1-4H3,(H,16,17);1H/t13-;/m0./s1. The third-order valence-corrected chi connectivity index (χ3v) is 2.55. The maximum atomic E-state index is 11.8. The number of hydrogen-bond acceptors (Lipinski definition) is 2. The molecule has 18 heavy (non-hydrogen) atoms. The van der Waals surface area contributed by atoms with Crippen molar-refractivity contribution in [2.45, 2.75) is 40.2 Å². The second-order valence-electron chi connectivity index (χ2n) is 5.10. The van der Waals surface area contributed by atoms with Crippen LogP contribution in [0.4, 0.5) is 5.69 Å². The molecular weight excluding hydrogens is 248 g/mol. The van der Waals surface area contributed by atoms with Gasteiger partial charge in [0, 0.05) is 5.69 Å². The molecule has 1 rings (SSSR count). The van der Waals surface area contributed by atoms with Crippen LogP contribution in [0.1, 0.15) is 31.4 Å². The lowest BCUT2D eigenvalue weighted by Crippen LogP contribution is -2.36. The molecule has 0 aromatic heterocycles. The number of aryl methyl sites for hydroxylation is 2. The second-order valence-corrected chi connectivity index (χ2v) is 5.10. The van der Waals surface area contributed by atoms with Crippen molar-refractivity contribution < 1.29 is 4.79 Å². The van der Waals surface area contributed by atoms with Gasteiger partial charge in [-0.2, -0.15) is 0 Å². The van der Waals surface area contributed by atoms with Crippen molar-refractivity contribution in [1.29, 1.82) is 0 Å². The molecule has 0 heterocycles. The van der Waals surface area contributed by atoms with Crippen molar-refractivity contribution in [3.63, 3.8) is 0 Å². The average Bonchev–Trinajstić information content (AvgIpc) is 2.14. The minimum atomic E-state index is -0.434. The van der Waals surface area contributed by atoms with Gasteiger partial charge < -0.3 is 11.1 Å². The Labute approximate surface area is 116 Å². The first-order valence-electron chi connectivity index (χ1n) is 6.03. The van der Waals surface area contributed by atoms with Gasteiger partial charge in [-0.1, -0.05) is 19.9 Å². The van der Waals surface area contributed by atoms with E-state index in [1.807, 2.05) is 26.0 Å². The second kappa shape index (κ2) is 7.39. The summed E-state index contributed by atoms with van der Waals surface area (Å²) in [5, 5.41) is 2.86. The zero-order valence-corrected chi connectivity index (χ0v) is 12.3. The highest BCUT2D eigenvalue weighted by molar-refractivity contribution is 5.94. The molecule has 0 saturated carbocycles. The Morgan fingerprint density at radius 3 is 2.17 bits per heavy atom. The molecule has 0 bridgehead atoms. The molecule has 0 spiro atoms. The van der Waals surface area contributed by atoms with Gasteiger partial charge in [-0.15, -0.1) is 12.4 Å². The molecule has 1 amide bonds. The minimum absolute atomic E-state index is 0. The van der Waals surface area contributed by atoms with Gasteiger partial charge in [0.15, 0.2) is 0 Å². The molecule has 1 aromatic rings. The highest BCUT2D eigenvalue weighted by Crippen LogP contribution is 2.14. The van der Waals surface area contributed by atoms with Crippen LogP contribution in [-0.2, 0) is 4.79 Å². The topological polar surface area (TPSA) is 55.1 Å². The molecule has 1 atom stereocenters. The van der Waals surface area contributed by atoms with E-state index in [4.69, 9.17) is 5.73 Å². The number of carbonyl (C=O) groups is 1. The Morgan fingerprint density at radius 2 is 1.72 bits per heavy atom. The van der Waals surface area contributed by atoms with Crippen molar-refractivity contribution in [1.82, 2.24) is 0 Å². The summed E-state index contributed by atoms with van der Waals surface area (Å²) in [7, 11) is 0. The summed E-state index contributed by atoms with van der Waals surface area (Å²) < 4.78 is 0. The van der Waals surface area contributed by atoms with Crippen LogP contribution in [-0.4, -0.2) is 11.9 Å². The fourth-order valence-electron chi connectivity index (χ4n) is 1.90. The van der Waals surface area contributed by atoms with Crippen LogP contribution in [0.5, 0.6) is 0 Å². The van der Waals surface area contributed by atoms with Crippen LogP contribution in [0.2, 0.25) is 0 Å². The van der Waals surface area contributed by atoms with Gasteiger partial charge in [-0.05, 0) is 49.4 Å². The molecule has 102 valence electrons. The van der Waals surface area contributed by atoms with Crippen LogP contribution in [0.25, 0.3) is 0 Å². The largest absolute Gasteiger partial charge is 0.325 e. The Bertz CT molecular complexity index is 385. The predicted molar refractivity (Wildman–Crippen MR) is 79.2 cm³/mol. The van der Waals surface area contributed by atoms with Crippen LogP contribution in [0, 0.1) is 19.8 Å². The lowest BCUT2D eigenvalue weighted by atomic mass is 10.0. The van der Waals surface area contributed by atoms with Crippen molar-refractivity contribution in [2.75, 3.05) is 5.32 Å². The fraction of sp³-hybridized carbons (Fsp3) is 0.500. The van der Waals surface area contributed by atoms with Crippen LogP contribution in [0.15, 0.2) is 18.2 Å². The molecule has 0 aliphatic rings. The summed E-state index contributed by atoms with van der Waals surface area (Å²) in [6.07, 6.45) is 0.705. The first-order chi connectivity index (χ1) is 7.88. The van der Waals surface area contributed by atoms with E-state index in [9.17, 15) is 4.79 Å². The van der Waals surface area contributed by atoms with E-state index >= 15 is 0 Å². The maximum Gasteiger partial charge on any atom is 0.241 e. The molecule has 3 N–H and O–H groups in total. The number of carbonyl (C=O) groups excluding carboxylic acids is 1. The SMILES string of the molecule is Cc1cc(C)cc(NC(=O)[C@@H](N)CC(C)C)c1.Cl. The van der Waals surface area contributed by atoms with E-state index in [-0.39, 0.29) is 18.3 Å². The Morgan fingerprint density at radius 1 is 1.22 bits per heavy atom. The van der Waals surface area contributed by atoms with Crippen LogP contribution >= 0.6 is 12.4 Å². The molecule has 4 heteroatoms. The number of nitrogens with two attached hydrogens (primary N) is 1. The zero-order valence-electron chi connectivity index (χ0n) is 11.5. The fourth-order valence-corrected chi connectivity index (χ4v) is 1.90. The summed E-state index contributed by atoms with van der Waals surface area (Å²) >= 11 is 0. The highest BCUT2D eigenvalue weighted by Gasteiger charge is 2.15. The maximum absolute atomic E-state index is 11.8. The van der Waals surface area contributed by atoms with E-state index in [1.165, 1.54) is 0 Å². The van der Waals surface area contributed by atoms with Gasteiger partial charge in [0.05, 0.1) is 6.04 Å². The number of benzene rings is 1. The quantitative estimate of drug-likeness (QED) is 0.884. The van der Waals surface area contributed by atoms with Gasteiger partial charge in [0.25, 0.3) is 0 Å². The number of halogens is 1. The van der Waals surface area contributed by atoms with E-state index in [1.54, 1.807) is 0 Å². The molecule has 0 fully saturated rings. The van der Waals surface area contributed by atoms with Crippen molar-refractivity contribution in [3.8, 4) is 0 Å². The molecular formula is C14H23ClN2O. The smallest absolute Gasteiger partial charge is 0.241 e. The summed E-state index contributed by atoms with van der Waals surface area (Å²) in [6.45, 7) is 8.14. The number of hydrogen-bond donors (Lipinski definition) is 2. The molecule has 1 aromatic carbocycles. The van der Waals surface area contributed by atoms with E-state index in [0.29, 0.717) is 12.3 Å². The highest BCUT2D eigenvalue weighted by atomic mass is 35.5. The summed E-state index contributed by atoms with van der Waals surface area (Å²) in [5.74, 6) is 0.318. The van der Waals surface area contributed by atoms with Crippen LogP contribution < -0.4 is 11.1 Å². The van der Waals surface area contributed by atoms with Gasteiger partial charge in [0.2, 0.25) is 5.91 Å². The third-order valence-electron chi connectivity index (χ3n) is 2.55. The Hall–Kier alpha value is -1.06. The van der Waals surface area contributed by atoms with E-state index in [2.05, 4.69) is 25.2 Å². The predicted octanol–water partition coefficient (Wildman–Crippen LogP) is 3.04. The third kappa shape index (κ3) is 5.52. The number of anilines is 1. The van der Waals surface area contributed by atoms with Crippen LogP contribution in [0.3, 0.4) is 0 Å². The minimum Gasteiger partial charge on any atom is -0.325 e. The van der Waals surface area contributed by atoms with Gasteiger partial charge in [-0.25, -0.2) is 0 Å². The van der Waals surface area contributed by atoms with Gasteiger partial charge in [0.1, 0.15) is 0 Å². The molecule has 0 aliphatic heterocycles. The molecule has 3 nitrogen and oxygen atoms in total. The Kier molecular flexibility index (Phi) is 6.96. The number of rotatable bonds is 4. The normalized spacial score (nSPS) is 11.9. The van der Waals surface area contributed by atoms with Gasteiger partial charge in [-0.3, -0.25) is 4.79 Å². The summed E-state index contributed by atoms with van der Waals surface area (Å²) in [5.41, 5.74) is 8.93. The first-order valence-corrected chi connectivity index (χ1v) is 6.03. The lowest BCUT2D eigenvalue weighted by Gasteiger charge is -2.14. The molecule has 0 unspecified atom stereocenters. The van der Waals surface area contributed by atoms with E-state index in [0.717, 1.165) is 16.8 Å². The molecule has 0 aliphatic carbocycles. The summed E-state index contributed by atoms with van der Waals surface area (Å²) in [4.78, 5) is 11.8. The average molecular weight is 271 g/mol. The number of nitrogens with one attached hydrogen (secondary N) is 1. The van der Waals surface area contributed by atoms with E-state index < -0.39 is 6.04 Å². The van der Waals surface area contributed by atoms with Crippen molar-refractivity contribution >= 4 is 24.0 Å². The lowest BCUT2D eigenvalue weighted by molar-refractivity contribution is -0.117. The first kappa shape index (κ1) is 16.9. The Balaban J connectivity index is 0.00000289. The molecule has 0 radical (unpaired) electrons. The van der Waals surface area contributed by atoms with Crippen molar-refractivity contribution in [2.24, 2.45) is 11.7 Å². The molecule has 0 saturated heterocycles. The van der Waals surface area contributed by atoms with Crippen molar-refractivity contribution in [3.05, 3.63) is 29.3 Å². The zero-order chi connectivity index (χ0) is 13.0. The van der Waals surface area contributed by atoms with Gasteiger partial charge >= 0.3 is 0 Å². The summed E-state index contributed by atoms with van der Waals surface area (Å²) in [6, 6.07) is 5.54. The number of amides is 1.